The third kappa shape index (κ3) is 3.26. The highest BCUT2D eigenvalue weighted by molar-refractivity contribution is 6.03. The van der Waals surface area contributed by atoms with Crippen LogP contribution in [0.15, 0.2) is 42.6 Å². The molecule has 3 aromatic rings. The van der Waals surface area contributed by atoms with Gasteiger partial charge < -0.3 is 10.6 Å². The summed E-state index contributed by atoms with van der Waals surface area (Å²) in [6.45, 7) is 10.8. The molecule has 0 spiro atoms. The summed E-state index contributed by atoms with van der Waals surface area (Å²) < 4.78 is 0. The molecule has 3 rings (SSSR count). The van der Waals surface area contributed by atoms with Crippen LogP contribution in [0.3, 0.4) is 0 Å². The number of anilines is 2. The number of aryl methyl sites for hydroxylation is 1. The minimum absolute atomic E-state index is 0.819. The summed E-state index contributed by atoms with van der Waals surface area (Å²) in [5.74, 6) is 0. The van der Waals surface area contributed by atoms with Crippen LogP contribution in [0.25, 0.3) is 22.0 Å². The molecule has 3 heteroatoms. The second-order valence-corrected chi connectivity index (χ2v) is 7.00. The Morgan fingerprint density at radius 1 is 0.923 bits per heavy atom. The predicted octanol–water partition coefficient (Wildman–Crippen LogP) is 5.73. The second kappa shape index (κ2) is 7.77. The number of benzene rings is 2. The molecule has 0 saturated carbocycles. The van der Waals surface area contributed by atoms with Gasteiger partial charge in [-0.05, 0) is 43.9 Å². The van der Waals surface area contributed by atoms with Gasteiger partial charge in [0.25, 0.3) is 0 Å². The van der Waals surface area contributed by atoms with E-state index in [4.69, 9.17) is 10.7 Å². The van der Waals surface area contributed by atoms with E-state index in [0.717, 1.165) is 48.4 Å². The Kier molecular flexibility index (Phi) is 5.46. The van der Waals surface area contributed by atoms with Crippen LogP contribution in [0.5, 0.6) is 0 Å². The van der Waals surface area contributed by atoms with Crippen LogP contribution >= 0.6 is 0 Å². The van der Waals surface area contributed by atoms with Gasteiger partial charge in [-0.3, -0.25) is 4.98 Å². The van der Waals surface area contributed by atoms with E-state index < -0.39 is 0 Å². The van der Waals surface area contributed by atoms with Crippen molar-refractivity contribution in [1.29, 1.82) is 0 Å². The average Bonchev–Trinajstić information content (AvgIpc) is 2.65. The third-order valence-corrected chi connectivity index (χ3v) is 5.05. The first kappa shape index (κ1) is 18.2. The largest absolute Gasteiger partial charge is 0.398 e. The van der Waals surface area contributed by atoms with Crippen molar-refractivity contribution in [3.63, 3.8) is 0 Å². The molecule has 0 unspecified atom stereocenters. The summed E-state index contributed by atoms with van der Waals surface area (Å²) in [7, 11) is 0. The number of nitrogen functional groups attached to an aromatic ring is 1. The van der Waals surface area contributed by atoms with Gasteiger partial charge in [-0.15, -0.1) is 0 Å². The standard InChI is InChI=1S/C23H29N3/c1-5-13-26(14-6-2)21-15-25-23(19-10-8-7-9-18(19)21)22-16(3)11-12-20(24)17(22)4/h7-12,15H,5-6,13-14,24H2,1-4H3. The number of hydrogen-bond acceptors (Lipinski definition) is 3. The summed E-state index contributed by atoms with van der Waals surface area (Å²) in [4.78, 5) is 7.38. The number of pyridine rings is 1. The van der Waals surface area contributed by atoms with Crippen molar-refractivity contribution in [1.82, 2.24) is 4.98 Å². The highest BCUT2D eigenvalue weighted by Gasteiger charge is 2.16. The SMILES string of the molecule is CCCN(CCC)c1cnc(-c2c(C)ccc(N)c2C)c2ccccc12. The van der Waals surface area contributed by atoms with Crippen molar-refractivity contribution in [3.05, 3.63) is 53.7 Å². The zero-order valence-corrected chi connectivity index (χ0v) is 16.3. The van der Waals surface area contributed by atoms with E-state index in [1.807, 2.05) is 12.3 Å². The predicted molar refractivity (Wildman–Crippen MR) is 114 cm³/mol. The topological polar surface area (TPSA) is 42.2 Å². The molecule has 0 aliphatic carbocycles. The molecular weight excluding hydrogens is 318 g/mol. The maximum atomic E-state index is 6.19. The zero-order valence-electron chi connectivity index (χ0n) is 16.3. The van der Waals surface area contributed by atoms with Gasteiger partial charge in [-0.1, -0.05) is 44.2 Å². The van der Waals surface area contributed by atoms with Crippen LogP contribution in [-0.2, 0) is 0 Å². The minimum Gasteiger partial charge on any atom is -0.398 e. The fourth-order valence-corrected chi connectivity index (χ4v) is 3.75. The molecule has 0 atom stereocenters. The lowest BCUT2D eigenvalue weighted by Gasteiger charge is -2.26. The van der Waals surface area contributed by atoms with Gasteiger partial charge in [0.05, 0.1) is 17.6 Å². The van der Waals surface area contributed by atoms with Gasteiger partial charge in [0.2, 0.25) is 0 Å². The van der Waals surface area contributed by atoms with Gasteiger partial charge in [0.15, 0.2) is 0 Å². The number of nitrogens with zero attached hydrogens (tertiary/aromatic N) is 2. The van der Waals surface area contributed by atoms with Crippen molar-refractivity contribution < 1.29 is 0 Å². The molecule has 0 saturated heterocycles. The van der Waals surface area contributed by atoms with E-state index in [1.54, 1.807) is 0 Å². The molecule has 2 aromatic carbocycles. The van der Waals surface area contributed by atoms with Crippen LogP contribution in [0.2, 0.25) is 0 Å². The molecule has 0 bridgehead atoms. The molecule has 0 radical (unpaired) electrons. The minimum atomic E-state index is 0.819. The maximum Gasteiger partial charge on any atom is 0.0788 e. The fraction of sp³-hybridized carbons (Fsp3) is 0.348. The van der Waals surface area contributed by atoms with Crippen LogP contribution in [0.1, 0.15) is 37.8 Å². The first-order chi connectivity index (χ1) is 12.6. The fourth-order valence-electron chi connectivity index (χ4n) is 3.75. The highest BCUT2D eigenvalue weighted by atomic mass is 15.1. The van der Waals surface area contributed by atoms with E-state index in [0.29, 0.717) is 0 Å². The first-order valence-corrected chi connectivity index (χ1v) is 9.57. The Bertz CT molecular complexity index is 909. The smallest absolute Gasteiger partial charge is 0.0788 e. The lowest BCUT2D eigenvalue weighted by molar-refractivity contribution is 0.746. The van der Waals surface area contributed by atoms with E-state index in [-0.39, 0.29) is 0 Å². The molecular formula is C23H29N3. The summed E-state index contributed by atoms with van der Waals surface area (Å²) >= 11 is 0. The second-order valence-electron chi connectivity index (χ2n) is 7.00. The number of aromatic nitrogens is 1. The van der Waals surface area contributed by atoms with Crippen molar-refractivity contribution in [2.45, 2.75) is 40.5 Å². The lowest BCUT2D eigenvalue weighted by Crippen LogP contribution is -2.25. The Morgan fingerprint density at radius 3 is 2.23 bits per heavy atom. The summed E-state index contributed by atoms with van der Waals surface area (Å²) in [6.07, 6.45) is 4.30. The van der Waals surface area contributed by atoms with Gasteiger partial charge in [-0.25, -0.2) is 0 Å². The molecule has 136 valence electrons. The molecule has 1 heterocycles. The third-order valence-electron chi connectivity index (χ3n) is 5.05. The van der Waals surface area contributed by atoms with Gasteiger partial charge in [0, 0.05) is 35.1 Å². The number of nitrogens with two attached hydrogens (primary N) is 1. The molecule has 0 aliphatic rings. The highest BCUT2D eigenvalue weighted by Crippen LogP contribution is 2.37. The van der Waals surface area contributed by atoms with Crippen molar-refractivity contribution in [2.75, 3.05) is 23.7 Å². The Labute approximate surface area is 156 Å². The molecule has 0 amide bonds. The molecule has 0 fully saturated rings. The van der Waals surface area contributed by atoms with Crippen LogP contribution in [0, 0.1) is 13.8 Å². The quantitative estimate of drug-likeness (QED) is 0.579. The van der Waals surface area contributed by atoms with Crippen LogP contribution < -0.4 is 10.6 Å². The summed E-state index contributed by atoms with van der Waals surface area (Å²) in [5, 5.41) is 2.46. The van der Waals surface area contributed by atoms with Gasteiger partial charge >= 0.3 is 0 Å². The van der Waals surface area contributed by atoms with Crippen molar-refractivity contribution >= 4 is 22.1 Å². The van der Waals surface area contributed by atoms with E-state index in [2.05, 4.69) is 62.9 Å². The number of rotatable bonds is 6. The maximum absolute atomic E-state index is 6.19. The lowest BCUT2D eigenvalue weighted by atomic mass is 9.94. The molecule has 26 heavy (non-hydrogen) atoms. The molecule has 2 N–H and O–H groups in total. The Balaban J connectivity index is 2.26. The first-order valence-electron chi connectivity index (χ1n) is 9.57. The summed E-state index contributed by atoms with van der Waals surface area (Å²) in [6, 6.07) is 12.7. The molecule has 0 aliphatic heterocycles. The van der Waals surface area contributed by atoms with E-state index >= 15 is 0 Å². The normalized spacial score (nSPS) is 11.1. The Hall–Kier alpha value is -2.55. The van der Waals surface area contributed by atoms with E-state index in [1.165, 1.54) is 22.0 Å². The van der Waals surface area contributed by atoms with Gasteiger partial charge in [0.1, 0.15) is 0 Å². The van der Waals surface area contributed by atoms with Crippen LogP contribution in [-0.4, -0.2) is 18.1 Å². The molecule has 1 aromatic heterocycles. The van der Waals surface area contributed by atoms with Gasteiger partial charge in [-0.2, -0.15) is 0 Å². The zero-order chi connectivity index (χ0) is 18.7. The van der Waals surface area contributed by atoms with Crippen molar-refractivity contribution in [3.8, 4) is 11.3 Å². The number of hydrogen-bond donors (Lipinski definition) is 1. The van der Waals surface area contributed by atoms with Crippen molar-refractivity contribution in [2.24, 2.45) is 0 Å². The molecule has 3 nitrogen and oxygen atoms in total. The van der Waals surface area contributed by atoms with E-state index in [9.17, 15) is 0 Å². The average molecular weight is 348 g/mol. The number of fused-ring (bicyclic) bond motifs is 1. The Morgan fingerprint density at radius 2 is 1.58 bits per heavy atom. The summed E-state index contributed by atoms with van der Waals surface area (Å²) in [5.41, 5.74) is 12.7. The van der Waals surface area contributed by atoms with Crippen LogP contribution in [0.4, 0.5) is 11.4 Å². The monoisotopic (exact) mass is 347 g/mol.